The largest absolute Gasteiger partial charge is 0.330 e. The minimum absolute atomic E-state index is 0.420. The summed E-state index contributed by atoms with van der Waals surface area (Å²) < 4.78 is 11.0. The molecule has 0 heterocycles. The molecule has 0 radical (unpaired) electrons. The summed E-state index contributed by atoms with van der Waals surface area (Å²) >= 11 is 0. The van der Waals surface area contributed by atoms with Crippen LogP contribution in [-0.2, 0) is 4.52 Å². The van der Waals surface area contributed by atoms with Crippen LogP contribution < -0.4 is 5.32 Å². The zero-order valence-corrected chi connectivity index (χ0v) is 23.0. The van der Waals surface area contributed by atoms with Gasteiger partial charge in [-0.15, -0.1) is 0 Å². The molecular formula is C23H53N4OP. The summed E-state index contributed by atoms with van der Waals surface area (Å²) in [5.74, 6) is 0. The summed E-state index contributed by atoms with van der Waals surface area (Å²) in [5, 5.41) is 12.0. The highest BCUT2D eigenvalue weighted by Crippen LogP contribution is 2.50. The first-order chi connectivity index (χ1) is 13.4. The van der Waals surface area contributed by atoms with Crippen LogP contribution in [0, 0.1) is 11.3 Å². The first kappa shape index (κ1) is 33.4. The van der Waals surface area contributed by atoms with Crippen LogP contribution in [0.3, 0.4) is 0 Å². The van der Waals surface area contributed by atoms with E-state index >= 15 is 0 Å². The van der Waals surface area contributed by atoms with Crippen molar-refractivity contribution in [3.05, 3.63) is 0 Å². The molecule has 0 amide bonds. The lowest BCUT2D eigenvalue weighted by atomic mass is 10.3. The fraction of sp³-hybridized carbons (Fsp3) is 0.957. The summed E-state index contributed by atoms with van der Waals surface area (Å²) in [5.41, 5.74) is 0. The zero-order valence-electron chi connectivity index (χ0n) is 22.1. The average molecular weight is 433 g/mol. The number of nitrogens with one attached hydrogen (secondary N) is 1. The van der Waals surface area contributed by atoms with Crippen LogP contribution in [0.5, 0.6) is 0 Å². The van der Waals surface area contributed by atoms with E-state index in [0.29, 0.717) is 49.3 Å². The number of hydrogen-bond acceptors (Lipinski definition) is 5. The first-order valence-electron chi connectivity index (χ1n) is 11.5. The van der Waals surface area contributed by atoms with E-state index in [1.54, 1.807) is 0 Å². The molecule has 5 nitrogen and oxygen atoms in total. The van der Waals surface area contributed by atoms with Gasteiger partial charge in [0.1, 0.15) is 0 Å². The third kappa shape index (κ3) is 17.2. The Bertz CT molecular complexity index is 351. The van der Waals surface area contributed by atoms with Gasteiger partial charge in [-0.05, 0) is 55.4 Å². The Kier molecular flexibility index (Phi) is 22.7. The van der Waals surface area contributed by atoms with E-state index in [2.05, 4.69) is 104 Å². The van der Waals surface area contributed by atoms with Gasteiger partial charge < -0.3 is 9.84 Å². The molecule has 6 heteroatoms. The lowest BCUT2D eigenvalue weighted by Crippen LogP contribution is -2.43. The van der Waals surface area contributed by atoms with Gasteiger partial charge in [-0.3, -0.25) is 0 Å². The molecule has 0 saturated carbocycles. The van der Waals surface area contributed by atoms with Gasteiger partial charge in [-0.25, -0.2) is 9.34 Å². The van der Waals surface area contributed by atoms with Crippen molar-refractivity contribution in [3.63, 3.8) is 0 Å². The van der Waals surface area contributed by atoms with Gasteiger partial charge in [0.2, 0.25) is 0 Å². The van der Waals surface area contributed by atoms with Crippen LogP contribution in [0.15, 0.2) is 0 Å². The van der Waals surface area contributed by atoms with E-state index in [1.807, 2.05) is 13.8 Å². The normalized spacial score (nSPS) is 11.7. The van der Waals surface area contributed by atoms with E-state index < -0.39 is 8.45 Å². The van der Waals surface area contributed by atoms with Gasteiger partial charge >= 0.3 is 0 Å². The van der Waals surface area contributed by atoms with Gasteiger partial charge in [-0.1, -0.05) is 41.5 Å². The summed E-state index contributed by atoms with van der Waals surface area (Å²) in [6, 6.07) is 5.09. The molecule has 0 saturated heterocycles. The second-order valence-corrected chi connectivity index (χ2v) is 10.3. The van der Waals surface area contributed by atoms with Crippen LogP contribution in [0.2, 0.25) is 0 Å². The number of hydrogen-bond donors (Lipinski definition) is 1. The molecule has 0 aromatic heterocycles. The second kappa shape index (κ2) is 19.7. The average Bonchev–Trinajstić information content (AvgIpc) is 2.54. The number of nitrogens with zero attached hydrogens (tertiary/aromatic N) is 3. The molecular weight excluding hydrogens is 379 g/mol. The molecule has 0 aromatic carbocycles. The molecule has 0 rings (SSSR count). The molecule has 176 valence electrons. The predicted molar refractivity (Wildman–Crippen MR) is 132 cm³/mol. The number of rotatable bonds is 11. The highest BCUT2D eigenvalue weighted by atomic mass is 31.2. The van der Waals surface area contributed by atoms with Crippen LogP contribution in [0.25, 0.3) is 0 Å². The molecule has 0 atom stereocenters. The van der Waals surface area contributed by atoms with Gasteiger partial charge in [0.05, 0.1) is 19.1 Å². The summed E-state index contributed by atoms with van der Waals surface area (Å²) in [6.07, 6.45) is 0.451. The van der Waals surface area contributed by atoms with E-state index in [0.717, 1.165) is 0 Å². The topological polar surface area (TPSA) is 51.5 Å². The van der Waals surface area contributed by atoms with Gasteiger partial charge in [-0.2, -0.15) is 5.26 Å². The molecule has 0 unspecified atom stereocenters. The highest BCUT2D eigenvalue weighted by molar-refractivity contribution is 7.47. The van der Waals surface area contributed by atoms with Crippen molar-refractivity contribution in [3.8, 4) is 6.07 Å². The molecule has 0 spiro atoms. The zero-order chi connectivity index (χ0) is 23.7. The maximum Gasteiger partial charge on any atom is 0.188 e. The summed E-state index contributed by atoms with van der Waals surface area (Å²) in [6.45, 7) is 30.8. The van der Waals surface area contributed by atoms with Crippen molar-refractivity contribution in [2.24, 2.45) is 0 Å². The van der Waals surface area contributed by atoms with Crippen LogP contribution >= 0.6 is 8.45 Å². The lowest BCUT2D eigenvalue weighted by molar-refractivity contribution is 0.189. The van der Waals surface area contributed by atoms with Crippen molar-refractivity contribution in [2.75, 3.05) is 6.61 Å². The van der Waals surface area contributed by atoms with E-state index in [9.17, 15) is 0 Å². The minimum Gasteiger partial charge on any atom is -0.330 e. The third-order valence-electron chi connectivity index (χ3n) is 3.60. The van der Waals surface area contributed by atoms with Crippen LogP contribution in [0.1, 0.15) is 103 Å². The summed E-state index contributed by atoms with van der Waals surface area (Å²) in [7, 11) is -0.841. The molecule has 0 aliphatic rings. The smallest absolute Gasteiger partial charge is 0.188 e. The SMILES string of the molecule is CC.CC(C)N(C(C)C)P(OCCC#N)N(C(C)C)C(C)C.CC(C)NC(C)C. The van der Waals surface area contributed by atoms with Crippen LogP contribution in [-0.4, -0.2) is 52.2 Å². The Labute approximate surface area is 185 Å². The molecule has 1 N–H and O–H groups in total. The Hall–Kier alpha value is -0.240. The fourth-order valence-corrected chi connectivity index (χ4v) is 5.42. The number of nitriles is 1. The maximum absolute atomic E-state index is 8.74. The van der Waals surface area contributed by atoms with Crippen LogP contribution in [0.4, 0.5) is 0 Å². The first-order valence-corrected chi connectivity index (χ1v) is 12.7. The Morgan fingerprint density at radius 3 is 1.21 bits per heavy atom. The fourth-order valence-electron chi connectivity index (χ4n) is 3.08. The molecule has 0 fully saturated rings. The minimum atomic E-state index is -0.841. The monoisotopic (exact) mass is 432 g/mol. The lowest BCUT2D eigenvalue weighted by Gasteiger charge is -2.45. The van der Waals surface area contributed by atoms with E-state index in [1.165, 1.54) is 0 Å². The standard InChI is InChI=1S/C15H32N3OP.C6H15N.C2H6/c1-12(2)17(13(3)4)20(19-11-9-10-16)18(14(5)6)15(7)8;1-5(2)7-6(3)4;1-2/h12-15H,9,11H2,1-8H3;5-7H,1-4H3;1-2H3. The van der Waals surface area contributed by atoms with Gasteiger partial charge in [0.25, 0.3) is 0 Å². The van der Waals surface area contributed by atoms with E-state index in [4.69, 9.17) is 9.79 Å². The Morgan fingerprint density at radius 2 is 1.03 bits per heavy atom. The maximum atomic E-state index is 8.74. The quantitative estimate of drug-likeness (QED) is 0.287. The Morgan fingerprint density at radius 1 is 0.724 bits per heavy atom. The van der Waals surface area contributed by atoms with E-state index in [-0.39, 0.29) is 0 Å². The van der Waals surface area contributed by atoms with Gasteiger partial charge in [0.15, 0.2) is 8.45 Å². The Balaban J connectivity index is -0.000000629. The predicted octanol–water partition coefficient (Wildman–Crippen LogP) is 6.80. The molecule has 0 aromatic rings. The van der Waals surface area contributed by atoms with Crippen molar-refractivity contribution >= 4 is 8.45 Å². The van der Waals surface area contributed by atoms with Crippen molar-refractivity contribution < 1.29 is 4.52 Å². The second-order valence-electron chi connectivity index (χ2n) is 8.61. The van der Waals surface area contributed by atoms with Crippen molar-refractivity contribution in [1.29, 1.82) is 5.26 Å². The third-order valence-corrected chi connectivity index (χ3v) is 6.65. The van der Waals surface area contributed by atoms with Gasteiger partial charge in [0, 0.05) is 36.3 Å². The highest BCUT2D eigenvalue weighted by Gasteiger charge is 2.34. The molecule has 0 bridgehead atoms. The molecule has 0 aliphatic heterocycles. The molecule has 29 heavy (non-hydrogen) atoms. The molecule has 0 aliphatic carbocycles. The summed E-state index contributed by atoms with van der Waals surface area (Å²) in [4.78, 5) is 0. The van der Waals surface area contributed by atoms with Crippen molar-refractivity contribution in [2.45, 2.75) is 140 Å². The van der Waals surface area contributed by atoms with Crippen molar-refractivity contribution in [1.82, 2.24) is 14.7 Å².